The van der Waals surface area contributed by atoms with Crippen LogP contribution in [0.1, 0.15) is 44.7 Å². The van der Waals surface area contributed by atoms with Crippen LogP contribution in [0.25, 0.3) is 10.9 Å². The van der Waals surface area contributed by atoms with E-state index in [0.717, 1.165) is 22.0 Å². The lowest BCUT2D eigenvalue weighted by Crippen LogP contribution is -2.48. The Bertz CT molecular complexity index is 1050. The quantitative estimate of drug-likeness (QED) is 0.539. The fourth-order valence-corrected chi connectivity index (χ4v) is 3.63. The van der Waals surface area contributed by atoms with Gasteiger partial charge in [-0.15, -0.1) is 0 Å². The zero-order valence-electron chi connectivity index (χ0n) is 17.8. The Morgan fingerprint density at radius 3 is 2.40 bits per heavy atom. The number of hydrogen-bond acceptors (Lipinski definition) is 2. The molecule has 0 radical (unpaired) electrons. The van der Waals surface area contributed by atoms with Crippen LogP contribution in [0.3, 0.4) is 0 Å². The summed E-state index contributed by atoms with van der Waals surface area (Å²) in [5.74, 6) is -0.529. The maximum atomic E-state index is 12.7. The van der Waals surface area contributed by atoms with Crippen molar-refractivity contribution in [3.8, 4) is 0 Å². The molecule has 1 heterocycles. The van der Waals surface area contributed by atoms with Crippen LogP contribution in [0, 0.1) is 5.41 Å². The van der Waals surface area contributed by atoms with Crippen molar-refractivity contribution < 1.29 is 9.59 Å². The van der Waals surface area contributed by atoms with Gasteiger partial charge in [0.05, 0.1) is 0 Å². The van der Waals surface area contributed by atoms with E-state index >= 15 is 0 Å². The van der Waals surface area contributed by atoms with Crippen LogP contribution < -0.4 is 10.6 Å². The number of carbonyl (C=O) groups is 2. The van der Waals surface area contributed by atoms with Gasteiger partial charge in [0.1, 0.15) is 6.04 Å². The molecule has 0 bridgehead atoms. The molecule has 3 aromatic rings. The Morgan fingerprint density at radius 1 is 1.03 bits per heavy atom. The molecule has 0 saturated heterocycles. The topological polar surface area (TPSA) is 74.0 Å². The highest BCUT2D eigenvalue weighted by Crippen LogP contribution is 2.34. The van der Waals surface area contributed by atoms with Crippen LogP contribution in [0.15, 0.2) is 54.7 Å². The molecule has 0 aliphatic rings. The van der Waals surface area contributed by atoms with Crippen LogP contribution in [0.2, 0.25) is 5.02 Å². The number of aromatic amines is 1. The van der Waals surface area contributed by atoms with Gasteiger partial charge in [-0.2, -0.15) is 0 Å². The number of benzene rings is 2. The molecule has 3 rings (SSSR count). The molecular formula is C24H28ClN3O2. The minimum Gasteiger partial charge on any atom is -0.361 e. The molecule has 2 aromatic carbocycles. The van der Waals surface area contributed by atoms with Crippen LogP contribution in [0.5, 0.6) is 0 Å². The SMILES string of the molecule is C[C@@H](NC(=O)C(C)(C)C)C(=O)NC[C@@H](c1ccccc1Cl)c1c[nH]c2ccccc12. The number of fused-ring (bicyclic) bond motifs is 1. The van der Waals surface area contributed by atoms with Gasteiger partial charge in [-0.1, -0.05) is 68.8 Å². The Hall–Kier alpha value is -2.79. The molecule has 6 heteroatoms. The second kappa shape index (κ2) is 8.92. The summed E-state index contributed by atoms with van der Waals surface area (Å²) < 4.78 is 0. The lowest BCUT2D eigenvalue weighted by Gasteiger charge is -2.23. The molecule has 2 amide bonds. The summed E-state index contributed by atoms with van der Waals surface area (Å²) in [4.78, 5) is 28.2. The van der Waals surface area contributed by atoms with Crippen molar-refractivity contribution in [3.63, 3.8) is 0 Å². The van der Waals surface area contributed by atoms with Crippen molar-refractivity contribution in [2.75, 3.05) is 6.54 Å². The van der Waals surface area contributed by atoms with Gasteiger partial charge in [-0.25, -0.2) is 0 Å². The second-order valence-corrected chi connectivity index (χ2v) is 8.96. The van der Waals surface area contributed by atoms with E-state index in [4.69, 9.17) is 11.6 Å². The number of rotatable bonds is 6. The van der Waals surface area contributed by atoms with Crippen LogP contribution >= 0.6 is 11.6 Å². The standard InChI is InChI=1S/C24H28ClN3O2/c1-15(28-23(30)24(2,3)4)22(29)27-14-18(16-9-5-7-11-20(16)25)19-13-26-21-12-8-6-10-17(19)21/h5-13,15,18,26H,14H2,1-4H3,(H,27,29)(H,28,30)/t15-,18+/m1/s1. The summed E-state index contributed by atoms with van der Waals surface area (Å²) in [5.41, 5.74) is 2.47. The second-order valence-electron chi connectivity index (χ2n) is 8.55. The van der Waals surface area contributed by atoms with E-state index in [2.05, 4.69) is 21.7 Å². The van der Waals surface area contributed by atoms with E-state index in [9.17, 15) is 9.59 Å². The lowest BCUT2D eigenvalue weighted by molar-refractivity contribution is -0.133. The van der Waals surface area contributed by atoms with Crippen LogP contribution in [-0.4, -0.2) is 29.4 Å². The van der Waals surface area contributed by atoms with Gasteiger partial charge in [-0.3, -0.25) is 9.59 Å². The number of halogens is 1. The Morgan fingerprint density at radius 2 is 1.70 bits per heavy atom. The maximum absolute atomic E-state index is 12.7. The first-order valence-corrected chi connectivity index (χ1v) is 10.5. The minimum atomic E-state index is -0.633. The summed E-state index contributed by atoms with van der Waals surface area (Å²) in [6.45, 7) is 7.50. The third-order valence-electron chi connectivity index (χ3n) is 5.18. The molecule has 0 aliphatic heterocycles. The molecule has 30 heavy (non-hydrogen) atoms. The van der Waals surface area contributed by atoms with E-state index in [0.29, 0.717) is 11.6 Å². The largest absolute Gasteiger partial charge is 0.361 e. The van der Waals surface area contributed by atoms with E-state index in [-0.39, 0.29) is 17.7 Å². The van der Waals surface area contributed by atoms with Crippen molar-refractivity contribution in [3.05, 3.63) is 70.9 Å². The Balaban J connectivity index is 1.83. The molecule has 1 aromatic heterocycles. The Kier molecular flexibility index (Phi) is 6.52. The average Bonchev–Trinajstić information content (AvgIpc) is 3.12. The summed E-state index contributed by atoms with van der Waals surface area (Å²) in [5, 5.41) is 7.51. The van der Waals surface area contributed by atoms with Gasteiger partial charge in [0, 0.05) is 40.0 Å². The highest BCUT2D eigenvalue weighted by Gasteiger charge is 2.26. The average molecular weight is 426 g/mol. The molecule has 5 nitrogen and oxygen atoms in total. The van der Waals surface area contributed by atoms with Gasteiger partial charge in [0.25, 0.3) is 0 Å². The first-order valence-electron chi connectivity index (χ1n) is 10.1. The Labute approximate surface area is 182 Å². The highest BCUT2D eigenvalue weighted by molar-refractivity contribution is 6.31. The molecule has 158 valence electrons. The summed E-state index contributed by atoms with van der Waals surface area (Å²) in [6.07, 6.45) is 1.97. The first-order chi connectivity index (χ1) is 14.2. The number of nitrogens with one attached hydrogen (secondary N) is 3. The van der Waals surface area contributed by atoms with Crippen LogP contribution in [-0.2, 0) is 9.59 Å². The minimum absolute atomic E-state index is 0.135. The van der Waals surface area contributed by atoms with Crippen LogP contribution in [0.4, 0.5) is 0 Å². The summed E-state index contributed by atoms with van der Waals surface area (Å²) >= 11 is 6.50. The van der Waals surface area contributed by atoms with Gasteiger partial charge < -0.3 is 15.6 Å². The third-order valence-corrected chi connectivity index (χ3v) is 5.52. The zero-order valence-corrected chi connectivity index (χ0v) is 18.5. The van der Waals surface area contributed by atoms with Gasteiger partial charge in [-0.05, 0) is 30.2 Å². The summed E-state index contributed by atoms with van der Waals surface area (Å²) in [7, 11) is 0. The van der Waals surface area contributed by atoms with E-state index in [1.165, 1.54) is 0 Å². The number of hydrogen-bond donors (Lipinski definition) is 3. The van der Waals surface area contributed by atoms with Gasteiger partial charge >= 0.3 is 0 Å². The predicted octanol–water partition coefficient (Wildman–Crippen LogP) is 4.62. The molecule has 0 aliphatic carbocycles. The molecule has 0 saturated carbocycles. The van der Waals surface area contributed by atoms with E-state index < -0.39 is 11.5 Å². The number of aromatic nitrogens is 1. The van der Waals surface area contributed by atoms with Crippen molar-refractivity contribution in [1.82, 2.24) is 15.6 Å². The molecule has 0 spiro atoms. The van der Waals surface area contributed by atoms with Crippen molar-refractivity contribution >= 4 is 34.3 Å². The molecule has 2 atom stereocenters. The monoisotopic (exact) mass is 425 g/mol. The molecular weight excluding hydrogens is 398 g/mol. The lowest BCUT2D eigenvalue weighted by atomic mass is 9.90. The van der Waals surface area contributed by atoms with Crippen molar-refractivity contribution in [2.24, 2.45) is 5.41 Å². The number of amides is 2. The van der Waals surface area contributed by atoms with E-state index in [1.807, 2.05) is 69.4 Å². The summed E-state index contributed by atoms with van der Waals surface area (Å²) in [6, 6.07) is 15.1. The van der Waals surface area contributed by atoms with Gasteiger partial charge in [0.2, 0.25) is 11.8 Å². The fraction of sp³-hybridized carbons (Fsp3) is 0.333. The van der Waals surface area contributed by atoms with E-state index in [1.54, 1.807) is 6.92 Å². The van der Waals surface area contributed by atoms with Crippen molar-refractivity contribution in [1.29, 1.82) is 0 Å². The van der Waals surface area contributed by atoms with Gasteiger partial charge in [0.15, 0.2) is 0 Å². The maximum Gasteiger partial charge on any atom is 0.242 e. The highest BCUT2D eigenvalue weighted by atomic mass is 35.5. The molecule has 0 unspecified atom stereocenters. The first kappa shape index (κ1) is 21.9. The smallest absolute Gasteiger partial charge is 0.242 e. The normalized spacial score (nSPS) is 13.6. The fourth-order valence-electron chi connectivity index (χ4n) is 3.36. The number of para-hydroxylation sites is 1. The predicted molar refractivity (Wildman–Crippen MR) is 122 cm³/mol. The third kappa shape index (κ3) is 4.85. The molecule has 0 fully saturated rings. The molecule has 3 N–H and O–H groups in total. The van der Waals surface area contributed by atoms with Crippen molar-refractivity contribution in [2.45, 2.75) is 39.7 Å². The number of H-pyrrole nitrogens is 1. The number of carbonyl (C=O) groups excluding carboxylic acids is 2. The zero-order chi connectivity index (χ0) is 21.9.